The summed E-state index contributed by atoms with van der Waals surface area (Å²) < 4.78 is 54.0. The number of halogens is 3. The zero-order valence-electron chi connectivity index (χ0n) is 13.1. The second kappa shape index (κ2) is 7.24. The molecule has 0 saturated carbocycles. The molecule has 0 unspecified atom stereocenters. The normalized spacial score (nSPS) is 11.1. The lowest BCUT2D eigenvalue weighted by molar-refractivity contribution is -0.140. The highest BCUT2D eigenvalue weighted by atomic mass is 19.4. The third kappa shape index (κ3) is 4.28. The molecule has 0 saturated heterocycles. The molecule has 0 atom stereocenters. The molecule has 0 aliphatic heterocycles. The summed E-state index contributed by atoms with van der Waals surface area (Å²) in [7, 11) is 2.59. The molecular formula is C15H13F3N2O5. The highest BCUT2D eigenvalue weighted by Gasteiger charge is 2.32. The van der Waals surface area contributed by atoms with E-state index >= 15 is 0 Å². The molecule has 0 amide bonds. The maximum Gasteiger partial charge on any atom is 0.416 e. The van der Waals surface area contributed by atoms with Crippen molar-refractivity contribution in [1.29, 1.82) is 0 Å². The lowest BCUT2D eigenvalue weighted by Gasteiger charge is -2.15. The average Bonchev–Trinajstić information content (AvgIpc) is 2.58. The Hall–Kier alpha value is -3.04. The van der Waals surface area contributed by atoms with Crippen LogP contribution in [0, 0.1) is 0 Å². The molecule has 0 aliphatic carbocycles. The molecule has 0 spiro atoms. The van der Waals surface area contributed by atoms with Gasteiger partial charge in [0.1, 0.15) is 5.75 Å². The summed E-state index contributed by atoms with van der Waals surface area (Å²) in [6.45, 7) is -0.725. The predicted molar refractivity (Wildman–Crippen MR) is 78.7 cm³/mol. The van der Waals surface area contributed by atoms with E-state index in [9.17, 15) is 18.0 Å². The molecule has 2 aromatic rings. The zero-order valence-corrected chi connectivity index (χ0v) is 13.1. The van der Waals surface area contributed by atoms with Crippen molar-refractivity contribution in [1.82, 2.24) is 9.97 Å². The second-order valence-electron chi connectivity index (χ2n) is 4.67. The van der Waals surface area contributed by atoms with Gasteiger partial charge in [0.25, 0.3) is 0 Å². The van der Waals surface area contributed by atoms with E-state index in [1.165, 1.54) is 20.4 Å². The number of hydrogen-bond acceptors (Lipinski definition) is 6. The maximum absolute atomic E-state index is 13.0. The monoisotopic (exact) mass is 358 g/mol. The Morgan fingerprint density at radius 2 is 1.92 bits per heavy atom. The van der Waals surface area contributed by atoms with Crippen LogP contribution in [0.25, 0.3) is 11.1 Å². The van der Waals surface area contributed by atoms with E-state index in [2.05, 4.69) is 9.97 Å². The number of carbonyl (C=O) groups is 1. The smallest absolute Gasteiger partial charge is 0.416 e. The van der Waals surface area contributed by atoms with Gasteiger partial charge in [-0.25, -0.2) is 9.78 Å². The molecule has 1 aromatic carbocycles. The quantitative estimate of drug-likeness (QED) is 0.849. The number of aliphatic carboxylic acids is 1. The minimum atomic E-state index is -4.60. The van der Waals surface area contributed by atoms with Crippen LogP contribution in [0.4, 0.5) is 13.2 Å². The first kappa shape index (κ1) is 18.3. The first-order valence-electron chi connectivity index (χ1n) is 6.77. The summed E-state index contributed by atoms with van der Waals surface area (Å²) in [5.41, 5.74) is -0.909. The first-order valence-corrected chi connectivity index (χ1v) is 6.77. The number of carboxylic acids is 1. The van der Waals surface area contributed by atoms with Gasteiger partial charge in [0.05, 0.1) is 25.3 Å². The molecule has 0 aliphatic rings. The molecule has 0 bridgehead atoms. The van der Waals surface area contributed by atoms with Crippen LogP contribution in [0.1, 0.15) is 5.56 Å². The Kier molecular flexibility index (Phi) is 5.30. The Labute approximate surface area is 140 Å². The average molecular weight is 358 g/mol. The Bertz CT molecular complexity index is 780. The van der Waals surface area contributed by atoms with Gasteiger partial charge >= 0.3 is 18.2 Å². The third-order valence-electron chi connectivity index (χ3n) is 3.06. The van der Waals surface area contributed by atoms with Crippen LogP contribution in [0.5, 0.6) is 17.6 Å². The molecule has 134 valence electrons. The van der Waals surface area contributed by atoms with Gasteiger partial charge in [0, 0.05) is 11.8 Å². The minimum Gasteiger partial charge on any atom is -0.481 e. The number of hydrogen-bond donors (Lipinski definition) is 1. The Balaban J connectivity index is 2.61. The summed E-state index contributed by atoms with van der Waals surface area (Å²) >= 11 is 0. The topological polar surface area (TPSA) is 90.8 Å². The molecule has 1 N–H and O–H groups in total. The van der Waals surface area contributed by atoms with E-state index in [0.29, 0.717) is 0 Å². The van der Waals surface area contributed by atoms with Crippen LogP contribution >= 0.6 is 0 Å². The lowest BCUT2D eigenvalue weighted by Crippen LogP contribution is -2.11. The summed E-state index contributed by atoms with van der Waals surface area (Å²) in [5.74, 6) is -1.40. The number of aromatic nitrogens is 2. The minimum absolute atomic E-state index is 0.0411. The van der Waals surface area contributed by atoms with Crippen molar-refractivity contribution in [2.75, 3.05) is 20.8 Å². The molecule has 1 heterocycles. The molecular weight excluding hydrogens is 345 g/mol. The van der Waals surface area contributed by atoms with E-state index < -0.39 is 24.3 Å². The molecule has 0 fully saturated rings. The summed E-state index contributed by atoms with van der Waals surface area (Å²) in [6.07, 6.45) is -3.39. The maximum atomic E-state index is 13.0. The summed E-state index contributed by atoms with van der Waals surface area (Å²) in [6, 6.07) is 2.59. The third-order valence-corrected chi connectivity index (χ3v) is 3.06. The number of ether oxygens (including phenoxy) is 3. The van der Waals surface area contributed by atoms with Gasteiger partial charge < -0.3 is 19.3 Å². The Morgan fingerprint density at radius 3 is 2.48 bits per heavy atom. The molecule has 0 radical (unpaired) electrons. The van der Waals surface area contributed by atoms with Gasteiger partial charge in [0.2, 0.25) is 5.88 Å². The highest BCUT2D eigenvalue weighted by Crippen LogP contribution is 2.40. The van der Waals surface area contributed by atoms with Crippen molar-refractivity contribution >= 4 is 5.97 Å². The number of carboxylic acid groups (broad SMARTS) is 1. The van der Waals surface area contributed by atoms with Crippen molar-refractivity contribution in [2.45, 2.75) is 6.18 Å². The summed E-state index contributed by atoms with van der Waals surface area (Å²) in [4.78, 5) is 18.4. The van der Waals surface area contributed by atoms with Gasteiger partial charge in [-0.3, -0.25) is 0 Å². The van der Waals surface area contributed by atoms with Crippen molar-refractivity contribution in [3.05, 3.63) is 30.0 Å². The number of rotatable bonds is 6. The number of benzene rings is 1. The van der Waals surface area contributed by atoms with Gasteiger partial charge in [-0.2, -0.15) is 18.2 Å². The van der Waals surface area contributed by atoms with E-state index in [1.54, 1.807) is 0 Å². The zero-order chi connectivity index (χ0) is 18.6. The number of alkyl halides is 3. The van der Waals surface area contributed by atoms with Gasteiger partial charge in [-0.15, -0.1) is 0 Å². The van der Waals surface area contributed by atoms with E-state index in [0.717, 1.165) is 18.2 Å². The van der Waals surface area contributed by atoms with Gasteiger partial charge in [-0.1, -0.05) is 0 Å². The van der Waals surface area contributed by atoms with Crippen molar-refractivity contribution in [3.63, 3.8) is 0 Å². The van der Waals surface area contributed by atoms with Crippen molar-refractivity contribution in [3.8, 4) is 28.8 Å². The van der Waals surface area contributed by atoms with Crippen LogP contribution in [-0.4, -0.2) is 41.9 Å². The standard InChI is InChI=1S/C15H13F3N2O5/c1-23-13-10(6-19-14(20-13)24-2)9-5-8(15(16,17)18)3-4-11(9)25-7-12(21)22/h3-6H,7H2,1-2H3,(H,21,22). The summed E-state index contributed by atoms with van der Waals surface area (Å²) in [5, 5.41) is 8.72. The number of nitrogens with zero attached hydrogens (tertiary/aromatic N) is 2. The fraction of sp³-hybridized carbons (Fsp3) is 0.267. The van der Waals surface area contributed by atoms with Crippen LogP contribution < -0.4 is 14.2 Å². The van der Waals surface area contributed by atoms with E-state index in [4.69, 9.17) is 19.3 Å². The molecule has 10 heteroatoms. The Morgan fingerprint density at radius 1 is 1.20 bits per heavy atom. The highest BCUT2D eigenvalue weighted by molar-refractivity contribution is 5.76. The fourth-order valence-electron chi connectivity index (χ4n) is 1.97. The molecule has 25 heavy (non-hydrogen) atoms. The largest absolute Gasteiger partial charge is 0.481 e. The van der Waals surface area contributed by atoms with Crippen LogP contribution in [0.15, 0.2) is 24.4 Å². The first-order chi connectivity index (χ1) is 11.8. The van der Waals surface area contributed by atoms with Crippen molar-refractivity contribution in [2.24, 2.45) is 0 Å². The predicted octanol–water partition coefficient (Wildman–Crippen LogP) is 2.64. The van der Waals surface area contributed by atoms with Gasteiger partial charge in [0.15, 0.2) is 6.61 Å². The number of methoxy groups -OCH3 is 2. The van der Waals surface area contributed by atoms with E-state index in [-0.39, 0.29) is 28.8 Å². The van der Waals surface area contributed by atoms with Crippen LogP contribution in [0.3, 0.4) is 0 Å². The molecule has 7 nitrogen and oxygen atoms in total. The molecule has 2 rings (SSSR count). The van der Waals surface area contributed by atoms with E-state index in [1.807, 2.05) is 0 Å². The fourth-order valence-corrected chi connectivity index (χ4v) is 1.97. The molecule has 1 aromatic heterocycles. The van der Waals surface area contributed by atoms with Crippen LogP contribution in [0.2, 0.25) is 0 Å². The SMILES string of the molecule is COc1ncc(-c2cc(C(F)(F)F)ccc2OCC(=O)O)c(OC)n1. The lowest BCUT2D eigenvalue weighted by atomic mass is 10.0. The van der Waals surface area contributed by atoms with Crippen molar-refractivity contribution < 1.29 is 37.3 Å². The van der Waals surface area contributed by atoms with Gasteiger partial charge in [-0.05, 0) is 18.2 Å². The van der Waals surface area contributed by atoms with Crippen LogP contribution in [-0.2, 0) is 11.0 Å². The second-order valence-corrected chi connectivity index (χ2v) is 4.67.